The SMILES string of the molecule is CC(C)n1ncc(Cl)c1C(=O)CCC1CCCCN1. The van der Waals surface area contributed by atoms with E-state index in [9.17, 15) is 4.79 Å². The van der Waals surface area contributed by atoms with Crippen LogP contribution in [0, 0.1) is 0 Å². The van der Waals surface area contributed by atoms with E-state index in [0.717, 1.165) is 13.0 Å². The van der Waals surface area contributed by atoms with Crippen molar-refractivity contribution in [2.75, 3.05) is 6.54 Å². The minimum Gasteiger partial charge on any atom is -0.314 e. The van der Waals surface area contributed by atoms with Gasteiger partial charge >= 0.3 is 0 Å². The number of rotatable bonds is 5. The summed E-state index contributed by atoms with van der Waals surface area (Å²) in [5, 5.41) is 8.11. The van der Waals surface area contributed by atoms with E-state index in [4.69, 9.17) is 11.6 Å². The van der Waals surface area contributed by atoms with Gasteiger partial charge in [0.15, 0.2) is 5.78 Å². The zero-order valence-electron chi connectivity index (χ0n) is 11.7. The van der Waals surface area contributed by atoms with Gasteiger partial charge in [-0.15, -0.1) is 0 Å². The number of hydrogen-bond donors (Lipinski definition) is 1. The van der Waals surface area contributed by atoms with Crippen LogP contribution in [0.3, 0.4) is 0 Å². The molecule has 0 saturated carbocycles. The Labute approximate surface area is 119 Å². The van der Waals surface area contributed by atoms with E-state index in [1.165, 1.54) is 19.3 Å². The molecule has 0 spiro atoms. The van der Waals surface area contributed by atoms with Gasteiger partial charge in [0, 0.05) is 18.5 Å². The van der Waals surface area contributed by atoms with Crippen molar-refractivity contribution in [3.63, 3.8) is 0 Å². The van der Waals surface area contributed by atoms with E-state index in [-0.39, 0.29) is 11.8 Å². The smallest absolute Gasteiger partial charge is 0.182 e. The highest BCUT2D eigenvalue weighted by atomic mass is 35.5. The average Bonchev–Trinajstić information content (AvgIpc) is 2.79. The minimum atomic E-state index is 0.101. The topological polar surface area (TPSA) is 46.9 Å². The molecule has 1 fully saturated rings. The van der Waals surface area contributed by atoms with E-state index in [2.05, 4.69) is 10.4 Å². The molecular formula is C14H22ClN3O. The first-order valence-corrected chi connectivity index (χ1v) is 7.47. The van der Waals surface area contributed by atoms with Crippen molar-refractivity contribution in [1.82, 2.24) is 15.1 Å². The Morgan fingerprint density at radius 3 is 3.00 bits per heavy atom. The fraction of sp³-hybridized carbons (Fsp3) is 0.714. The average molecular weight is 284 g/mol. The van der Waals surface area contributed by atoms with Crippen LogP contribution in [0.1, 0.15) is 62.5 Å². The van der Waals surface area contributed by atoms with E-state index >= 15 is 0 Å². The maximum absolute atomic E-state index is 12.3. The van der Waals surface area contributed by atoms with Crippen molar-refractivity contribution < 1.29 is 4.79 Å². The monoisotopic (exact) mass is 283 g/mol. The number of carbonyl (C=O) groups excluding carboxylic acids is 1. The number of ketones is 1. The molecule has 4 nitrogen and oxygen atoms in total. The largest absolute Gasteiger partial charge is 0.314 e. The molecule has 1 unspecified atom stereocenters. The molecule has 1 aromatic heterocycles. The maximum Gasteiger partial charge on any atom is 0.182 e. The lowest BCUT2D eigenvalue weighted by atomic mass is 9.98. The van der Waals surface area contributed by atoms with Gasteiger partial charge in [-0.05, 0) is 39.7 Å². The van der Waals surface area contributed by atoms with Gasteiger partial charge in [0.25, 0.3) is 0 Å². The molecule has 2 rings (SSSR count). The number of halogens is 1. The summed E-state index contributed by atoms with van der Waals surface area (Å²) < 4.78 is 1.72. The third kappa shape index (κ3) is 3.57. The van der Waals surface area contributed by atoms with Gasteiger partial charge in [-0.1, -0.05) is 18.0 Å². The quantitative estimate of drug-likeness (QED) is 0.844. The van der Waals surface area contributed by atoms with Crippen molar-refractivity contribution in [1.29, 1.82) is 0 Å². The number of hydrogen-bond acceptors (Lipinski definition) is 3. The Balaban J connectivity index is 1.97. The van der Waals surface area contributed by atoms with Crippen molar-refractivity contribution in [2.24, 2.45) is 0 Å². The predicted molar refractivity (Wildman–Crippen MR) is 76.8 cm³/mol. The minimum absolute atomic E-state index is 0.101. The summed E-state index contributed by atoms with van der Waals surface area (Å²) in [6, 6.07) is 0.631. The lowest BCUT2D eigenvalue weighted by molar-refractivity contribution is 0.0962. The molecule has 106 valence electrons. The second-order valence-corrected chi connectivity index (χ2v) is 5.90. The summed E-state index contributed by atoms with van der Waals surface area (Å²) in [5.41, 5.74) is 0.562. The summed E-state index contributed by atoms with van der Waals surface area (Å²) in [4.78, 5) is 12.3. The second kappa shape index (κ2) is 6.53. The molecule has 19 heavy (non-hydrogen) atoms. The first kappa shape index (κ1) is 14.5. The van der Waals surface area contributed by atoms with Gasteiger partial charge < -0.3 is 5.32 Å². The molecule has 0 amide bonds. The zero-order chi connectivity index (χ0) is 13.8. The van der Waals surface area contributed by atoms with E-state index < -0.39 is 0 Å². The molecule has 0 radical (unpaired) electrons. The van der Waals surface area contributed by atoms with Crippen LogP contribution in [0.5, 0.6) is 0 Å². The second-order valence-electron chi connectivity index (χ2n) is 5.49. The molecule has 1 saturated heterocycles. The summed E-state index contributed by atoms with van der Waals surface area (Å²) >= 11 is 6.09. The molecular weight excluding hydrogens is 262 g/mol. The Kier molecular flexibility index (Phi) is 4.99. The van der Waals surface area contributed by atoms with E-state index in [1.54, 1.807) is 10.9 Å². The Morgan fingerprint density at radius 1 is 1.58 bits per heavy atom. The number of carbonyl (C=O) groups is 1. The van der Waals surface area contributed by atoms with E-state index in [0.29, 0.717) is 23.2 Å². The fourth-order valence-corrected chi connectivity index (χ4v) is 2.82. The van der Waals surface area contributed by atoms with Crippen LogP contribution in [0.25, 0.3) is 0 Å². The highest BCUT2D eigenvalue weighted by Gasteiger charge is 2.21. The lowest BCUT2D eigenvalue weighted by Crippen LogP contribution is -2.34. The Hall–Kier alpha value is -0.870. The zero-order valence-corrected chi connectivity index (χ0v) is 12.4. The van der Waals surface area contributed by atoms with Crippen LogP contribution >= 0.6 is 11.6 Å². The Morgan fingerprint density at radius 2 is 2.37 bits per heavy atom. The Bertz CT molecular complexity index is 436. The van der Waals surface area contributed by atoms with Gasteiger partial charge in [0.1, 0.15) is 5.69 Å². The molecule has 1 aliphatic rings. The number of nitrogens with zero attached hydrogens (tertiary/aromatic N) is 2. The van der Waals surface area contributed by atoms with Crippen molar-refractivity contribution in [3.05, 3.63) is 16.9 Å². The molecule has 1 aliphatic heterocycles. The first-order valence-electron chi connectivity index (χ1n) is 7.09. The summed E-state index contributed by atoms with van der Waals surface area (Å²) in [5.74, 6) is 0.101. The van der Waals surface area contributed by atoms with Crippen molar-refractivity contribution in [3.8, 4) is 0 Å². The maximum atomic E-state index is 12.3. The normalized spacial score (nSPS) is 19.9. The predicted octanol–water partition coefficient (Wildman–Crippen LogP) is 3.22. The van der Waals surface area contributed by atoms with Gasteiger partial charge in [-0.25, -0.2) is 0 Å². The van der Waals surface area contributed by atoms with Crippen LogP contribution in [0.2, 0.25) is 5.02 Å². The number of Topliss-reactive ketones (excluding diaryl/α,β-unsaturated/α-hetero) is 1. The van der Waals surface area contributed by atoms with Crippen molar-refractivity contribution >= 4 is 17.4 Å². The molecule has 5 heteroatoms. The third-order valence-corrected chi connectivity index (χ3v) is 3.91. The number of aromatic nitrogens is 2. The molecule has 0 aromatic carbocycles. The van der Waals surface area contributed by atoms with Gasteiger partial charge in [0.05, 0.1) is 11.2 Å². The van der Waals surface area contributed by atoms with E-state index in [1.807, 2.05) is 13.8 Å². The highest BCUT2D eigenvalue weighted by molar-refractivity contribution is 6.33. The third-order valence-electron chi connectivity index (χ3n) is 3.64. The summed E-state index contributed by atoms with van der Waals surface area (Å²) in [6.07, 6.45) is 6.67. The van der Waals surface area contributed by atoms with Crippen LogP contribution < -0.4 is 5.32 Å². The van der Waals surface area contributed by atoms with Crippen molar-refractivity contribution in [2.45, 2.75) is 58.0 Å². The van der Waals surface area contributed by atoms with Gasteiger partial charge in [-0.2, -0.15) is 5.10 Å². The number of piperidine rings is 1. The standard InChI is InChI=1S/C14H22ClN3O/c1-10(2)18-14(12(15)9-17-18)13(19)7-6-11-5-3-4-8-16-11/h9-11,16H,3-8H2,1-2H3. The van der Waals surface area contributed by atoms with Gasteiger partial charge in [0.2, 0.25) is 0 Å². The molecule has 0 aliphatic carbocycles. The van der Waals surface area contributed by atoms with Crippen LogP contribution in [-0.2, 0) is 0 Å². The summed E-state index contributed by atoms with van der Waals surface area (Å²) in [6.45, 7) is 5.08. The highest BCUT2D eigenvalue weighted by Crippen LogP contribution is 2.22. The fourth-order valence-electron chi connectivity index (χ4n) is 2.59. The molecule has 2 heterocycles. The molecule has 1 atom stereocenters. The number of nitrogens with one attached hydrogen (secondary N) is 1. The molecule has 1 N–H and O–H groups in total. The van der Waals surface area contributed by atoms with Crippen LogP contribution in [0.4, 0.5) is 0 Å². The summed E-state index contributed by atoms with van der Waals surface area (Å²) in [7, 11) is 0. The van der Waals surface area contributed by atoms with Crippen LogP contribution in [0.15, 0.2) is 6.20 Å². The van der Waals surface area contributed by atoms with Gasteiger partial charge in [-0.3, -0.25) is 9.48 Å². The van der Waals surface area contributed by atoms with Crippen LogP contribution in [-0.4, -0.2) is 28.2 Å². The molecule has 1 aromatic rings. The first-order chi connectivity index (χ1) is 9.09. The lowest BCUT2D eigenvalue weighted by Gasteiger charge is -2.23. The molecule has 0 bridgehead atoms.